The summed E-state index contributed by atoms with van der Waals surface area (Å²) in [6.07, 6.45) is 8.81. The molecule has 0 radical (unpaired) electrons. The molecule has 2 bridgehead atoms. The summed E-state index contributed by atoms with van der Waals surface area (Å²) in [7, 11) is 0. The third-order valence-corrected chi connectivity index (χ3v) is 5.27. The molecule has 2 aliphatic carbocycles. The lowest BCUT2D eigenvalue weighted by Gasteiger charge is -2.22. The number of nitrogens with zero attached hydrogens (tertiary/aromatic N) is 2. The fraction of sp³-hybridized carbons (Fsp3) is 0.765. The first-order chi connectivity index (χ1) is 9.69. The van der Waals surface area contributed by atoms with Crippen LogP contribution in [0.25, 0.3) is 0 Å². The van der Waals surface area contributed by atoms with Crippen LogP contribution in [0.4, 0.5) is 0 Å². The molecule has 20 heavy (non-hydrogen) atoms. The molecular weight excluding hydrogens is 246 g/mol. The van der Waals surface area contributed by atoms with E-state index in [-0.39, 0.29) is 0 Å². The second-order valence-electron chi connectivity index (χ2n) is 6.73. The maximum absolute atomic E-state index is 4.85. The number of hydrogen-bond acceptors (Lipinski definition) is 3. The van der Waals surface area contributed by atoms with Gasteiger partial charge in [0.15, 0.2) is 0 Å². The normalized spacial score (nSPS) is 29.9. The molecule has 1 aromatic heterocycles. The summed E-state index contributed by atoms with van der Waals surface area (Å²) in [5.41, 5.74) is 2.42. The van der Waals surface area contributed by atoms with Crippen molar-refractivity contribution in [1.82, 2.24) is 15.3 Å². The Bertz CT molecular complexity index is 471. The van der Waals surface area contributed by atoms with Crippen LogP contribution in [-0.2, 0) is 0 Å². The maximum Gasteiger partial charge on any atom is 0.131 e. The van der Waals surface area contributed by atoms with Crippen LogP contribution in [0, 0.1) is 18.8 Å². The van der Waals surface area contributed by atoms with Gasteiger partial charge in [0.1, 0.15) is 5.82 Å². The van der Waals surface area contributed by atoms with E-state index in [0.717, 1.165) is 36.3 Å². The van der Waals surface area contributed by atoms with E-state index in [1.807, 2.05) is 0 Å². The van der Waals surface area contributed by atoms with Gasteiger partial charge in [0.25, 0.3) is 0 Å². The lowest BCUT2D eigenvalue weighted by molar-refractivity contribution is 0.404. The summed E-state index contributed by atoms with van der Waals surface area (Å²) in [5, 5.41) is 3.53. The van der Waals surface area contributed by atoms with E-state index in [0.29, 0.717) is 12.0 Å². The summed E-state index contributed by atoms with van der Waals surface area (Å²) < 4.78 is 0. The Hall–Kier alpha value is -0.960. The van der Waals surface area contributed by atoms with Crippen LogP contribution < -0.4 is 5.32 Å². The Morgan fingerprint density at radius 1 is 1.35 bits per heavy atom. The van der Waals surface area contributed by atoms with Crippen molar-refractivity contribution in [2.75, 3.05) is 6.54 Å². The zero-order valence-electron chi connectivity index (χ0n) is 13.0. The van der Waals surface area contributed by atoms with Crippen molar-refractivity contribution < 1.29 is 0 Å². The smallest absolute Gasteiger partial charge is 0.131 e. The number of fused-ring (bicyclic) bond motifs is 2. The average Bonchev–Trinajstić information content (AvgIpc) is 3.07. The molecule has 3 heteroatoms. The van der Waals surface area contributed by atoms with Crippen molar-refractivity contribution in [2.24, 2.45) is 11.8 Å². The minimum Gasteiger partial charge on any atom is -0.310 e. The summed E-state index contributed by atoms with van der Waals surface area (Å²) in [6, 6.07) is 0.351. The molecule has 2 saturated carbocycles. The summed E-state index contributed by atoms with van der Waals surface area (Å²) >= 11 is 0. The van der Waals surface area contributed by atoms with Crippen molar-refractivity contribution in [3.8, 4) is 0 Å². The molecule has 1 aromatic rings. The van der Waals surface area contributed by atoms with Crippen molar-refractivity contribution in [2.45, 2.75) is 64.8 Å². The van der Waals surface area contributed by atoms with Gasteiger partial charge in [0.2, 0.25) is 0 Å². The van der Waals surface area contributed by atoms with Gasteiger partial charge in [-0.2, -0.15) is 0 Å². The van der Waals surface area contributed by atoms with Crippen LogP contribution in [-0.4, -0.2) is 16.5 Å². The molecule has 110 valence electrons. The standard InChI is InChI=1S/C17H27N3/c1-4-7-18-11(2)16-10-19-17(20-12(16)3)15-9-13-5-6-14(15)8-13/h10-11,13-15,18H,4-9H2,1-3H3. The minimum atomic E-state index is 0.351. The third-order valence-electron chi connectivity index (χ3n) is 5.27. The Balaban J connectivity index is 1.74. The van der Waals surface area contributed by atoms with E-state index in [1.165, 1.54) is 31.2 Å². The van der Waals surface area contributed by atoms with Crippen LogP contribution in [0.1, 0.15) is 75.0 Å². The molecule has 0 amide bonds. The number of nitrogens with one attached hydrogen (secondary N) is 1. The van der Waals surface area contributed by atoms with Gasteiger partial charge in [-0.25, -0.2) is 9.97 Å². The molecule has 1 heterocycles. The number of aromatic nitrogens is 2. The molecule has 4 atom stereocenters. The number of hydrogen-bond donors (Lipinski definition) is 1. The lowest BCUT2D eigenvalue weighted by Crippen LogP contribution is -2.21. The lowest BCUT2D eigenvalue weighted by atomic mass is 9.88. The second-order valence-corrected chi connectivity index (χ2v) is 6.73. The monoisotopic (exact) mass is 273 g/mol. The first kappa shape index (κ1) is 14.0. The minimum absolute atomic E-state index is 0.351. The van der Waals surface area contributed by atoms with E-state index in [1.54, 1.807) is 0 Å². The molecule has 0 aromatic carbocycles. The van der Waals surface area contributed by atoms with Gasteiger partial charge in [-0.15, -0.1) is 0 Å². The number of aryl methyl sites for hydroxylation is 1. The highest BCUT2D eigenvalue weighted by molar-refractivity contribution is 5.22. The van der Waals surface area contributed by atoms with Crippen molar-refractivity contribution in [3.63, 3.8) is 0 Å². The molecule has 3 rings (SSSR count). The van der Waals surface area contributed by atoms with Gasteiger partial charge in [0.05, 0.1) is 0 Å². The average molecular weight is 273 g/mol. The van der Waals surface area contributed by atoms with Crippen LogP contribution in [0.15, 0.2) is 6.20 Å². The van der Waals surface area contributed by atoms with Crippen molar-refractivity contribution in [1.29, 1.82) is 0 Å². The predicted molar refractivity (Wildman–Crippen MR) is 81.7 cm³/mol. The van der Waals surface area contributed by atoms with Gasteiger partial charge >= 0.3 is 0 Å². The molecular formula is C17H27N3. The van der Waals surface area contributed by atoms with Gasteiger partial charge in [-0.3, -0.25) is 0 Å². The Labute approximate surface area is 122 Å². The summed E-state index contributed by atoms with van der Waals surface area (Å²) in [4.78, 5) is 9.57. The van der Waals surface area contributed by atoms with E-state index < -0.39 is 0 Å². The summed E-state index contributed by atoms with van der Waals surface area (Å²) in [5.74, 6) is 3.57. The van der Waals surface area contributed by atoms with Crippen molar-refractivity contribution in [3.05, 3.63) is 23.3 Å². The predicted octanol–water partition coefficient (Wildman–Crippen LogP) is 3.75. The molecule has 2 aliphatic rings. The molecule has 3 nitrogen and oxygen atoms in total. The van der Waals surface area contributed by atoms with Crippen molar-refractivity contribution >= 4 is 0 Å². The van der Waals surface area contributed by atoms with E-state index in [9.17, 15) is 0 Å². The van der Waals surface area contributed by atoms with Crippen LogP contribution in [0.5, 0.6) is 0 Å². The third kappa shape index (κ3) is 2.60. The van der Waals surface area contributed by atoms with Gasteiger partial charge in [-0.05, 0) is 57.9 Å². The summed E-state index contributed by atoms with van der Waals surface area (Å²) in [6.45, 7) is 7.59. The van der Waals surface area contributed by atoms with E-state index >= 15 is 0 Å². The molecule has 2 fully saturated rings. The van der Waals surface area contributed by atoms with Gasteiger partial charge in [0, 0.05) is 29.4 Å². The Kier molecular flexibility index (Phi) is 4.06. The molecule has 0 aliphatic heterocycles. The molecule has 1 N–H and O–H groups in total. The highest BCUT2D eigenvalue weighted by Gasteiger charge is 2.41. The Morgan fingerprint density at radius 3 is 2.80 bits per heavy atom. The first-order valence-corrected chi connectivity index (χ1v) is 8.25. The SMILES string of the molecule is CCCNC(C)c1cnc(C2CC3CCC2C3)nc1C. The van der Waals surface area contributed by atoms with Crippen LogP contribution in [0.2, 0.25) is 0 Å². The number of rotatable bonds is 5. The van der Waals surface area contributed by atoms with Gasteiger partial charge in [-0.1, -0.05) is 13.3 Å². The molecule has 0 saturated heterocycles. The highest BCUT2D eigenvalue weighted by Crippen LogP contribution is 2.52. The largest absolute Gasteiger partial charge is 0.310 e. The van der Waals surface area contributed by atoms with Crippen LogP contribution >= 0.6 is 0 Å². The highest BCUT2D eigenvalue weighted by atomic mass is 14.9. The van der Waals surface area contributed by atoms with Gasteiger partial charge < -0.3 is 5.32 Å². The maximum atomic E-state index is 4.85. The zero-order chi connectivity index (χ0) is 14.1. The van der Waals surface area contributed by atoms with E-state index in [2.05, 4.69) is 32.3 Å². The second kappa shape index (κ2) is 5.80. The quantitative estimate of drug-likeness (QED) is 0.888. The molecule has 4 unspecified atom stereocenters. The first-order valence-electron chi connectivity index (χ1n) is 8.25. The zero-order valence-corrected chi connectivity index (χ0v) is 13.0. The molecule has 0 spiro atoms. The fourth-order valence-electron chi connectivity index (χ4n) is 4.13. The Morgan fingerprint density at radius 2 is 2.20 bits per heavy atom. The topological polar surface area (TPSA) is 37.8 Å². The van der Waals surface area contributed by atoms with E-state index in [4.69, 9.17) is 9.97 Å². The fourth-order valence-corrected chi connectivity index (χ4v) is 4.13. The van der Waals surface area contributed by atoms with Crippen LogP contribution in [0.3, 0.4) is 0 Å².